The largest absolute Gasteiger partial charge is 0.371 e. The van der Waals surface area contributed by atoms with Gasteiger partial charge in [0.25, 0.3) is 0 Å². The molecule has 1 fully saturated rings. The van der Waals surface area contributed by atoms with Crippen LogP contribution in [0.2, 0.25) is 5.02 Å². The van der Waals surface area contributed by atoms with Gasteiger partial charge in [-0.1, -0.05) is 54.1 Å². The lowest BCUT2D eigenvalue weighted by Gasteiger charge is -2.32. The van der Waals surface area contributed by atoms with Crippen LogP contribution in [0.4, 0.5) is 0 Å². The van der Waals surface area contributed by atoms with E-state index in [0.29, 0.717) is 13.2 Å². The van der Waals surface area contributed by atoms with Gasteiger partial charge in [0.15, 0.2) is 0 Å². The van der Waals surface area contributed by atoms with E-state index in [1.807, 2.05) is 30.3 Å². The molecular formula is C16H16ClNO3S. The summed E-state index contributed by atoms with van der Waals surface area (Å²) in [4.78, 5) is 0.144. The van der Waals surface area contributed by atoms with Crippen molar-refractivity contribution in [3.05, 3.63) is 65.2 Å². The van der Waals surface area contributed by atoms with Crippen LogP contribution in [-0.2, 0) is 14.8 Å². The molecule has 1 heterocycles. The molecule has 116 valence electrons. The van der Waals surface area contributed by atoms with Gasteiger partial charge in [0, 0.05) is 13.1 Å². The molecule has 0 N–H and O–H groups in total. The topological polar surface area (TPSA) is 46.6 Å². The average Bonchev–Trinajstić information content (AvgIpc) is 2.56. The molecule has 0 unspecified atom stereocenters. The Kier molecular flexibility index (Phi) is 4.49. The Morgan fingerprint density at radius 1 is 1.05 bits per heavy atom. The predicted octanol–water partition coefficient (Wildman–Crippen LogP) is 3.10. The first-order chi connectivity index (χ1) is 10.6. The second-order valence-corrected chi connectivity index (χ2v) is 7.38. The van der Waals surface area contributed by atoms with E-state index in [4.69, 9.17) is 16.3 Å². The molecule has 1 saturated heterocycles. The summed E-state index contributed by atoms with van der Waals surface area (Å²) < 4.78 is 32.7. The van der Waals surface area contributed by atoms with Gasteiger partial charge in [0.05, 0.1) is 17.7 Å². The van der Waals surface area contributed by atoms with Crippen LogP contribution < -0.4 is 0 Å². The van der Waals surface area contributed by atoms with Crippen molar-refractivity contribution in [1.29, 1.82) is 0 Å². The number of sulfonamides is 1. The van der Waals surface area contributed by atoms with Crippen LogP contribution in [0.5, 0.6) is 0 Å². The fraction of sp³-hybridized carbons (Fsp3) is 0.250. The summed E-state index contributed by atoms with van der Waals surface area (Å²) in [7, 11) is -3.61. The molecule has 4 nitrogen and oxygen atoms in total. The van der Waals surface area contributed by atoms with Crippen molar-refractivity contribution in [2.45, 2.75) is 11.0 Å². The minimum atomic E-state index is -3.61. The highest BCUT2D eigenvalue weighted by atomic mass is 35.5. The van der Waals surface area contributed by atoms with Gasteiger partial charge in [-0.2, -0.15) is 4.31 Å². The molecule has 0 spiro atoms. The van der Waals surface area contributed by atoms with E-state index < -0.39 is 10.0 Å². The van der Waals surface area contributed by atoms with E-state index >= 15 is 0 Å². The Morgan fingerprint density at radius 3 is 2.45 bits per heavy atom. The van der Waals surface area contributed by atoms with Crippen molar-refractivity contribution in [2.24, 2.45) is 0 Å². The minimum absolute atomic E-state index is 0.144. The second-order valence-electron chi connectivity index (χ2n) is 5.06. The van der Waals surface area contributed by atoms with E-state index in [1.54, 1.807) is 18.2 Å². The maximum atomic E-state index is 12.8. The normalized spacial score (nSPS) is 20.0. The number of ether oxygens (including phenoxy) is 1. The highest BCUT2D eigenvalue weighted by Gasteiger charge is 2.32. The molecule has 0 aromatic heterocycles. The molecule has 2 aromatic carbocycles. The van der Waals surface area contributed by atoms with Gasteiger partial charge in [-0.25, -0.2) is 8.42 Å². The molecular weight excluding hydrogens is 322 g/mol. The monoisotopic (exact) mass is 337 g/mol. The van der Waals surface area contributed by atoms with Gasteiger partial charge >= 0.3 is 0 Å². The highest BCUT2D eigenvalue weighted by molar-refractivity contribution is 7.89. The quantitative estimate of drug-likeness (QED) is 0.864. The highest BCUT2D eigenvalue weighted by Crippen LogP contribution is 2.29. The number of hydrogen-bond acceptors (Lipinski definition) is 3. The van der Waals surface area contributed by atoms with Gasteiger partial charge in [-0.05, 0) is 17.7 Å². The van der Waals surface area contributed by atoms with Gasteiger partial charge in [-0.15, -0.1) is 0 Å². The zero-order chi connectivity index (χ0) is 15.6. The van der Waals surface area contributed by atoms with E-state index in [1.165, 1.54) is 10.4 Å². The zero-order valence-electron chi connectivity index (χ0n) is 11.9. The Bertz CT molecular complexity index is 749. The molecule has 0 radical (unpaired) electrons. The molecule has 3 rings (SSSR count). The lowest BCUT2D eigenvalue weighted by Crippen LogP contribution is -2.42. The molecule has 0 aliphatic carbocycles. The predicted molar refractivity (Wildman–Crippen MR) is 85.3 cm³/mol. The SMILES string of the molecule is O=S(=O)(c1ccccc1Cl)N1CCO[C@H](c2ccccc2)C1. The van der Waals surface area contributed by atoms with Crippen molar-refractivity contribution in [1.82, 2.24) is 4.31 Å². The number of hydrogen-bond donors (Lipinski definition) is 0. The van der Waals surface area contributed by atoms with Gasteiger partial charge in [-0.3, -0.25) is 0 Å². The molecule has 1 aliphatic heterocycles. The summed E-state index contributed by atoms with van der Waals surface area (Å²) >= 11 is 6.04. The van der Waals surface area contributed by atoms with Gasteiger partial charge < -0.3 is 4.74 Å². The smallest absolute Gasteiger partial charge is 0.244 e. The molecule has 1 atom stereocenters. The molecule has 2 aromatic rings. The van der Waals surface area contributed by atoms with Crippen LogP contribution >= 0.6 is 11.6 Å². The van der Waals surface area contributed by atoms with E-state index in [2.05, 4.69) is 0 Å². The molecule has 0 bridgehead atoms. The summed E-state index contributed by atoms with van der Waals surface area (Å²) in [6.07, 6.45) is -0.257. The summed E-state index contributed by atoms with van der Waals surface area (Å²) in [6.45, 7) is 0.984. The molecule has 0 saturated carbocycles. The van der Waals surface area contributed by atoms with Crippen LogP contribution in [0, 0.1) is 0 Å². The fourth-order valence-electron chi connectivity index (χ4n) is 2.51. The number of nitrogens with zero attached hydrogens (tertiary/aromatic N) is 1. The van der Waals surface area contributed by atoms with Crippen molar-refractivity contribution < 1.29 is 13.2 Å². The Hall–Kier alpha value is -1.40. The number of rotatable bonds is 3. The van der Waals surface area contributed by atoms with Crippen LogP contribution in [0.1, 0.15) is 11.7 Å². The lowest BCUT2D eigenvalue weighted by atomic mass is 10.1. The molecule has 6 heteroatoms. The maximum absolute atomic E-state index is 12.8. The number of benzene rings is 2. The fourth-order valence-corrected chi connectivity index (χ4v) is 4.42. The molecule has 0 amide bonds. The molecule has 22 heavy (non-hydrogen) atoms. The van der Waals surface area contributed by atoms with Crippen molar-refractivity contribution in [2.75, 3.05) is 19.7 Å². The molecule has 1 aliphatic rings. The Morgan fingerprint density at radius 2 is 1.73 bits per heavy atom. The van der Waals surface area contributed by atoms with Crippen LogP contribution in [-0.4, -0.2) is 32.4 Å². The number of morpholine rings is 1. The first kappa shape index (κ1) is 15.5. The first-order valence-electron chi connectivity index (χ1n) is 7.00. The maximum Gasteiger partial charge on any atom is 0.244 e. The van der Waals surface area contributed by atoms with Crippen LogP contribution in [0.3, 0.4) is 0 Å². The third kappa shape index (κ3) is 3.03. The third-order valence-electron chi connectivity index (χ3n) is 3.66. The van der Waals surface area contributed by atoms with Crippen molar-refractivity contribution in [3.8, 4) is 0 Å². The Balaban J connectivity index is 1.87. The third-order valence-corrected chi connectivity index (χ3v) is 6.02. The van der Waals surface area contributed by atoms with Crippen molar-refractivity contribution >= 4 is 21.6 Å². The number of halogens is 1. The van der Waals surface area contributed by atoms with E-state index in [9.17, 15) is 8.42 Å². The van der Waals surface area contributed by atoms with E-state index in [-0.39, 0.29) is 22.6 Å². The standard InChI is InChI=1S/C16H16ClNO3S/c17-14-8-4-5-9-16(14)22(19,20)18-10-11-21-15(12-18)13-6-2-1-3-7-13/h1-9,15H,10-12H2/t15-/m0/s1. The minimum Gasteiger partial charge on any atom is -0.371 e. The summed E-state index contributed by atoms with van der Waals surface area (Å²) in [5.74, 6) is 0. The first-order valence-corrected chi connectivity index (χ1v) is 8.82. The van der Waals surface area contributed by atoms with Crippen LogP contribution in [0.15, 0.2) is 59.5 Å². The van der Waals surface area contributed by atoms with Gasteiger partial charge in [0.2, 0.25) is 10.0 Å². The zero-order valence-corrected chi connectivity index (χ0v) is 13.4. The lowest BCUT2D eigenvalue weighted by molar-refractivity contribution is -0.00255. The van der Waals surface area contributed by atoms with Crippen molar-refractivity contribution in [3.63, 3.8) is 0 Å². The summed E-state index contributed by atoms with van der Waals surface area (Å²) in [6, 6.07) is 16.1. The Labute approximate surface area is 135 Å². The van der Waals surface area contributed by atoms with Gasteiger partial charge in [0.1, 0.15) is 4.90 Å². The average molecular weight is 338 g/mol. The van der Waals surface area contributed by atoms with Crippen LogP contribution in [0.25, 0.3) is 0 Å². The second kappa shape index (κ2) is 6.38. The van der Waals surface area contributed by atoms with E-state index in [0.717, 1.165) is 5.56 Å². The summed E-state index contributed by atoms with van der Waals surface area (Å²) in [5.41, 5.74) is 0.974. The summed E-state index contributed by atoms with van der Waals surface area (Å²) in [5, 5.41) is 0.241.